The van der Waals surface area contributed by atoms with Crippen molar-refractivity contribution in [1.29, 1.82) is 0 Å². The monoisotopic (exact) mass is 320 g/mol. The van der Waals surface area contributed by atoms with E-state index in [-0.39, 0.29) is 0 Å². The zero-order valence-corrected chi connectivity index (χ0v) is 12.5. The van der Waals surface area contributed by atoms with Gasteiger partial charge in [-0.15, -0.1) is 0 Å². The van der Waals surface area contributed by atoms with Gasteiger partial charge in [-0.25, -0.2) is 0 Å². The third-order valence-corrected chi connectivity index (χ3v) is 3.21. The van der Waals surface area contributed by atoms with E-state index >= 15 is 0 Å². The van der Waals surface area contributed by atoms with E-state index < -0.39 is 0 Å². The first-order valence-corrected chi connectivity index (χ1v) is 6.99. The summed E-state index contributed by atoms with van der Waals surface area (Å²) in [4.78, 5) is 6.33. The standard InChI is InChI=1S/C15H17BrN2O/c1-18(12-13-4-3-7-17-11-13)8-9-19-15-6-2-5-14(16)10-15/h2-7,10-11H,8-9,12H2,1H3. The lowest BCUT2D eigenvalue weighted by molar-refractivity contribution is 0.232. The summed E-state index contributed by atoms with van der Waals surface area (Å²) in [5.41, 5.74) is 1.22. The van der Waals surface area contributed by atoms with Crippen LogP contribution in [0.3, 0.4) is 0 Å². The molecule has 0 saturated carbocycles. The Labute approximate surface area is 122 Å². The largest absolute Gasteiger partial charge is 0.492 e. The van der Waals surface area contributed by atoms with Gasteiger partial charge in [0.05, 0.1) is 0 Å². The quantitative estimate of drug-likeness (QED) is 0.816. The van der Waals surface area contributed by atoms with E-state index in [1.807, 2.05) is 36.5 Å². The average molecular weight is 321 g/mol. The van der Waals surface area contributed by atoms with Crippen LogP contribution in [-0.4, -0.2) is 30.1 Å². The maximum absolute atomic E-state index is 5.71. The minimum absolute atomic E-state index is 0.674. The van der Waals surface area contributed by atoms with Gasteiger partial charge in [-0.3, -0.25) is 9.88 Å². The van der Waals surface area contributed by atoms with Crippen LogP contribution in [0.5, 0.6) is 5.75 Å². The molecule has 0 amide bonds. The van der Waals surface area contributed by atoms with Gasteiger partial charge in [0.15, 0.2) is 0 Å². The topological polar surface area (TPSA) is 25.4 Å². The smallest absolute Gasteiger partial charge is 0.120 e. The number of likely N-dealkylation sites (N-methyl/N-ethyl adjacent to an activating group) is 1. The molecule has 1 aromatic heterocycles. The summed E-state index contributed by atoms with van der Waals surface area (Å²) < 4.78 is 6.74. The maximum atomic E-state index is 5.71. The Bertz CT molecular complexity index is 505. The lowest BCUT2D eigenvalue weighted by Crippen LogP contribution is -2.23. The first kappa shape index (κ1) is 14.0. The molecule has 0 radical (unpaired) electrons. The number of hydrogen-bond acceptors (Lipinski definition) is 3. The molecule has 0 bridgehead atoms. The molecule has 0 unspecified atom stereocenters. The van der Waals surface area contributed by atoms with Gasteiger partial charge in [0.1, 0.15) is 12.4 Å². The first-order valence-electron chi connectivity index (χ1n) is 6.20. The van der Waals surface area contributed by atoms with Gasteiger partial charge in [-0.1, -0.05) is 28.1 Å². The lowest BCUT2D eigenvalue weighted by Gasteiger charge is -2.16. The van der Waals surface area contributed by atoms with Gasteiger partial charge in [0.2, 0.25) is 0 Å². The van der Waals surface area contributed by atoms with Crippen LogP contribution in [0.1, 0.15) is 5.56 Å². The molecule has 0 N–H and O–H groups in total. The van der Waals surface area contributed by atoms with Crippen molar-refractivity contribution in [3.05, 3.63) is 58.8 Å². The Hall–Kier alpha value is -1.39. The van der Waals surface area contributed by atoms with Crippen molar-refractivity contribution in [2.24, 2.45) is 0 Å². The second kappa shape index (κ2) is 7.26. The third-order valence-electron chi connectivity index (χ3n) is 2.71. The molecule has 0 saturated heterocycles. The van der Waals surface area contributed by atoms with Gasteiger partial charge in [-0.2, -0.15) is 0 Å². The summed E-state index contributed by atoms with van der Waals surface area (Å²) in [5.74, 6) is 0.893. The molecule has 100 valence electrons. The molecule has 3 nitrogen and oxygen atoms in total. The number of rotatable bonds is 6. The molecule has 2 aromatic rings. The molecule has 4 heteroatoms. The highest BCUT2D eigenvalue weighted by molar-refractivity contribution is 9.10. The highest BCUT2D eigenvalue weighted by atomic mass is 79.9. The molecular formula is C15H17BrN2O. The number of halogens is 1. The van der Waals surface area contributed by atoms with Crippen LogP contribution in [0, 0.1) is 0 Å². The molecule has 0 spiro atoms. The van der Waals surface area contributed by atoms with Crippen LogP contribution in [0.15, 0.2) is 53.3 Å². The summed E-state index contributed by atoms with van der Waals surface area (Å²) in [6, 6.07) is 11.9. The Morgan fingerprint density at radius 2 is 2.16 bits per heavy atom. The van der Waals surface area contributed by atoms with Gasteiger partial charge in [0, 0.05) is 30.0 Å². The molecular weight excluding hydrogens is 304 g/mol. The van der Waals surface area contributed by atoms with E-state index in [1.54, 1.807) is 6.20 Å². The maximum Gasteiger partial charge on any atom is 0.120 e. The van der Waals surface area contributed by atoms with E-state index in [1.165, 1.54) is 5.56 Å². The van der Waals surface area contributed by atoms with Gasteiger partial charge < -0.3 is 4.74 Å². The molecule has 2 rings (SSSR count). The van der Waals surface area contributed by atoms with Crippen LogP contribution < -0.4 is 4.74 Å². The van der Waals surface area contributed by atoms with Crippen LogP contribution in [0.2, 0.25) is 0 Å². The number of hydrogen-bond donors (Lipinski definition) is 0. The highest BCUT2D eigenvalue weighted by Crippen LogP contribution is 2.17. The number of ether oxygens (including phenoxy) is 1. The minimum Gasteiger partial charge on any atom is -0.492 e. The fraction of sp³-hybridized carbons (Fsp3) is 0.267. The zero-order valence-electron chi connectivity index (χ0n) is 10.9. The lowest BCUT2D eigenvalue weighted by atomic mass is 10.3. The predicted octanol–water partition coefficient (Wildman–Crippen LogP) is 3.35. The molecule has 0 atom stereocenters. The van der Waals surface area contributed by atoms with Gasteiger partial charge >= 0.3 is 0 Å². The Kier molecular flexibility index (Phi) is 5.36. The summed E-state index contributed by atoms with van der Waals surface area (Å²) in [5, 5.41) is 0. The van der Waals surface area contributed by atoms with Crippen LogP contribution in [0.25, 0.3) is 0 Å². The number of aromatic nitrogens is 1. The first-order chi connectivity index (χ1) is 9.24. The zero-order chi connectivity index (χ0) is 13.5. The van der Waals surface area contributed by atoms with E-state index in [9.17, 15) is 0 Å². The number of benzene rings is 1. The molecule has 1 aromatic carbocycles. The van der Waals surface area contributed by atoms with Crippen LogP contribution in [-0.2, 0) is 6.54 Å². The second-order valence-corrected chi connectivity index (χ2v) is 5.32. The van der Waals surface area contributed by atoms with Gasteiger partial charge in [-0.05, 0) is 36.9 Å². The highest BCUT2D eigenvalue weighted by Gasteiger charge is 2.01. The van der Waals surface area contributed by atoms with E-state index in [4.69, 9.17) is 4.74 Å². The minimum atomic E-state index is 0.674. The van der Waals surface area contributed by atoms with Crippen molar-refractivity contribution in [1.82, 2.24) is 9.88 Å². The van der Waals surface area contributed by atoms with Gasteiger partial charge in [0.25, 0.3) is 0 Å². The Morgan fingerprint density at radius 3 is 2.89 bits per heavy atom. The third kappa shape index (κ3) is 5.01. The number of pyridine rings is 1. The van der Waals surface area contributed by atoms with Crippen molar-refractivity contribution in [2.75, 3.05) is 20.2 Å². The van der Waals surface area contributed by atoms with Crippen molar-refractivity contribution >= 4 is 15.9 Å². The SMILES string of the molecule is CN(CCOc1cccc(Br)c1)Cc1cccnc1. The fourth-order valence-electron chi connectivity index (χ4n) is 1.76. The fourth-order valence-corrected chi connectivity index (χ4v) is 2.14. The number of nitrogens with zero attached hydrogens (tertiary/aromatic N) is 2. The molecule has 0 aliphatic heterocycles. The van der Waals surface area contributed by atoms with Crippen molar-refractivity contribution in [3.8, 4) is 5.75 Å². The average Bonchev–Trinajstić information content (AvgIpc) is 2.40. The van der Waals surface area contributed by atoms with Crippen molar-refractivity contribution in [3.63, 3.8) is 0 Å². The normalized spacial score (nSPS) is 10.7. The van der Waals surface area contributed by atoms with Crippen LogP contribution in [0.4, 0.5) is 0 Å². The van der Waals surface area contributed by atoms with E-state index in [0.717, 1.165) is 23.3 Å². The summed E-state index contributed by atoms with van der Waals surface area (Å²) in [6.07, 6.45) is 3.69. The van der Waals surface area contributed by atoms with E-state index in [2.05, 4.69) is 38.9 Å². The van der Waals surface area contributed by atoms with Crippen molar-refractivity contribution in [2.45, 2.75) is 6.54 Å². The molecule has 0 fully saturated rings. The Morgan fingerprint density at radius 1 is 1.26 bits per heavy atom. The molecule has 1 heterocycles. The predicted molar refractivity (Wildman–Crippen MR) is 80.2 cm³/mol. The molecule has 0 aliphatic rings. The summed E-state index contributed by atoms with van der Waals surface area (Å²) >= 11 is 3.43. The van der Waals surface area contributed by atoms with Crippen LogP contribution >= 0.6 is 15.9 Å². The van der Waals surface area contributed by atoms with E-state index in [0.29, 0.717) is 6.61 Å². The summed E-state index contributed by atoms with van der Waals surface area (Å²) in [7, 11) is 2.08. The second-order valence-electron chi connectivity index (χ2n) is 4.40. The van der Waals surface area contributed by atoms with Crippen molar-refractivity contribution < 1.29 is 4.74 Å². The molecule has 19 heavy (non-hydrogen) atoms. The Balaban J connectivity index is 1.73. The summed E-state index contributed by atoms with van der Waals surface area (Å²) in [6.45, 7) is 2.43. The molecule has 0 aliphatic carbocycles.